The maximum absolute atomic E-state index is 9.00. The standard InChI is InChI=1S/C15H30N2O2/c1-13(2)9-17-6-8-19-15(12-17)11-16-5-3-14(10-16)4-7-18/h13-15,18H,3-12H2,1-2H3. The van der Waals surface area contributed by atoms with Gasteiger partial charge in [-0.15, -0.1) is 0 Å². The van der Waals surface area contributed by atoms with E-state index < -0.39 is 0 Å². The van der Waals surface area contributed by atoms with Crippen LogP contribution in [0.25, 0.3) is 0 Å². The molecule has 0 aromatic carbocycles. The molecule has 2 aliphatic heterocycles. The molecule has 0 spiro atoms. The Bertz CT molecular complexity index is 261. The van der Waals surface area contributed by atoms with Gasteiger partial charge in [-0.1, -0.05) is 13.8 Å². The van der Waals surface area contributed by atoms with E-state index in [0.29, 0.717) is 18.6 Å². The normalized spacial score (nSPS) is 30.3. The fourth-order valence-electron chi connectivity index (χ4n) is 3.36. The molecule has 2 heterocycles. The molecule has 19 heavy (non-hydrogen) atoms. The van der Waals surface area contributed by atoms with Crippen LogP contribution in [0, 0.1) is 11.8 Å². The fourth-order valence-corrected chi connectivity index (χ4v) is 3.36. The summed E-state index contributed by atoms with van der Waals surface area (Å²) in [6.45, 7) is 12.5. The van der Waals surface area contributed by atoms with Gasteiger partial charge in [0.2, 0.25) is 0 Å². The van der Waals surface area contributed by atoms with Gasteiger partial charge in [-0.3, -0.25) is 4.90 Å². The molecule has 0 aliphatic carbocycles. The molecule has 0 amide bonds. The van der Waals surface area contributed by atoms with Gasteiger partial charge >= 0.3 is 0 Å². The highest BCUT2D eigenvalue weighted by molar-refractivity contribution is 4.81. The lowest BCUT2D eigenvalue weighted by Crippen LogP contribution is -2.48. The first-order valence-corrected chi connectivity index (χ1v) is 7.84. The van der Waals surface area contributed by atoms with Crippen molar-refractivity contribution in [3.8, 4) is 0 Å². The number of aliphatic hydroxyl groups excluding tert-OH is 1. The second-order valence-corrected chi connectivity index (χ2v) is 6.57. The van der Waals surface area contributed by atoms with Crippen LogP contribution >= 0.6 is 0 Å². The molecule has 0 bridgehead atoms. The number of hydrogen-bond acceptors (Lipinski definition) is 4. The molecule has 0 saturated carbocycles. The summed E-state index contributed by atoms with van der Waals surface area (Å²) in [7, 11) is 0. The molecule has 1 N–H and O–H groups in total. The zero-order valence-electron chi connectivity index (χ0n) is 12.6. The zero-order valence-corrected chi connectivity index (χ0v) is 12.6. The number of morpholine rings is 1. The summed E-state index contributed by atoms with van der Waals surface area (Å²) < 4.78 is 5.91. The average molecular weight is 270 g/mol. The minimum atomic E-state index is 0.334. The highest BCUT2D eigenvalue weighted by Gasteiger charge is 2.27. The van der Waals surface area contributed by atoms with Gasteiger partial charge in [-0.05, 0) is 31.2 Å². The predicted molar refractivity (Wildman–Crippen MR) is 77.3 cm³/mol. The number of hydrogen-bond donors (Lipinski definition) is 1. The number of likely N-dealkylation sites (tertiary alicyclic amines) is 1. The molecule has 2 fully saturated rings. The quantitative estimate of drug-likeness (QED) is 0.782. The van der Waals surface area contributed by atoms with Crippen LogP contribution in [0.15, 0.2) is 0 Å². The molecule has 4 nitrogen and oxygen atoms in total. The van der Waals surface area contributed by atoms with E-state index in [1.54, 1.807) is 0 Å². The topological polar surface area (TPSA) is 35.9 Å². The third-order valence-corrected chi connectivity index (χ3v) is 4.22. The van der Waals surface area contributed by atoms with E-state index in [0.717, 1.165) is 45.1 Å². The van der Waals surface area contributed by atoms with Crippen molar-refractivity contribution in [1.82, 2.24) is 9.80 Å². The first-order chi connectivity index (χ1) is 9.17. The van der Waals surface area contributed by atoms with E-state index in [-0.39, 0.29) is 0 Å². The largest absolute Gasteiger partial charge is 0.396 e. The SMILES string of the molecule is CC(C)CN1CCOC(CN2CCC(CCO)C2)C1. The summed E-state index contributed by atoms with van der Waals surface area (Å²) in [4.78, 5) is 5.06. The van der Waals surface area contributed by atoms with E-state index in [2.05, 4.69) is 23.6 Å². The van der Waals surface area contributed by atoms with Crippen molar-refractivity contribution < 1.29 is 9.84 Å². The Morgan fingerprint density at radius 2 is 2.05 bits per heavy atom. The Kier molecular flexibility index (Phi) is 6.07. The third kappa shape index (κ3) is 5.03. The Balaban J connectivity index is 1.70. The van der Waals surface area contributed by atoms with Gasteiger partial charge in [0.1, 0.15) is 0 Å². The average Bonchev–Trinajstić information content (AvgIpc) is 2.76. The first kappa shape index (κ1) is 15.2. The number of rotatable bonds is 6. The van der Waals surface area contributed by atoms with Crippen LogP contribution in [0.3, 0.4) is 0 Å². The molecule has 2 saturated heterocycles. The van der Waals surface area contributed by atoms with Crippen molar-refractivity contribution in [2.45, 2.75) is 32.8 Å². The Labute approximate surface area is 117 Å². The van der Waals surface area contributed by atoms with Gasteiger partial charge in [0.15, 0.2) is 0 Å². The lowest BCUT2D eigenvalue weighted by molar-refractivity contribution is -0.0439. The summed E-state index contributed by atoms with van der Waals surface area (Å²) in [5, 5.41) is 9.00. The number of ether oxygens (including phenoxy) is 1. The molecule has 0 aromatic heterocycles. The van der Waals surface area contributed by atoms with Crippen molar-refractivity contribution in [2.75, 3.05) is 52.5 Å². The van der Waals surface area contributed by atoms with Crippen LogP contribution in [-0.2, 0) is 4.74 Å². The monoisotopic (exact) mass is 270 g/mol. The van der Waals surface area contributed by atoms with Crippen molar-refractivity contribution in [2.24, 2.45) is 11.8 Å². The smallest absolute Gasteiger partial charge is 0.0829 e. The minimum Gasteiger partial charge on any atom is -0.396 e. The van der Waals surface area contributed by atoms with E-state index in [9.17, 15) is 0 Å². The zero-order chi connectivity index (χ0) is 13.7. The van der Waals surface area contributed by atoms with Crippen LogP contribution in [0.4, 0.5) is 0 Å². The van der Waals surface area contributed by atoms with Crippen molar-refractivity contribution >= 4 is 0 Å². The maximum atomic E-state index is 9.00. The van der Waals surface area contributed by atoms with Crippen LogP contribution in [0.1, 0.15) is 26.7 Å². The molecular weight excluding hydrogens is 240 g/mol. The van der Waals surface area contributed by atoms with Crippen LogP contribution in [-0.4, -0.2) is 73.5 Å². The minimum absolute atomic E-state index is 0.334. The Morgan fingerprint density at radius 3 is 2.79 bits per heavy atom. The summed E-state index contributed by atoms with van der Waals surface area (Å²) >= 11 is 0. The summed E-state index contributed by atoms with van der Waals surface area (Å²) in [5.74, 6) is 1.43. The number of nitrogens with zero attached hydrogens (tertiary/aromatic N) is 2. The van der Waals surface area contributed by atoms with E-state index in [1.807, 2.05) is 0 Å². The summed E-state index contributed by atoms with van der Waals surface area (Å²) in [6.07, 6.45) is 2.57. The molecule has 0 aromatic rings. The fraction of sp³-hybridized carbons (Fsp3) is 1.00. The van der Waals surface area contributed by atoms with Gasteiger partial charge in [0.25, 0.3) is 0 Å². The summed E-state index contributed by atoms with van der Waals surface area (Å²) in [6, 6.07) is 0. The molecule has 4 heteroatoms. The molecule has 112 valence electrons. The van der Waals surface area contributed by atoms with Crippen LogP contribution < -0.4 is 0 Å². The van der Waals surface area contributed by atoms with E-state index >= 15 is 0 Å². The van der Waals surface area contributed by atoms with Gasteiger partial charge in [0, 0.05) is 39.3 Å². The van der Waals surface area contributed by atoms with Gasteiger partial charge < -0.3 is 14.7 Å². The van der Waals surface area contributed by atoms with Gasteiger partial charge in [-0.25, -0.2) is 0 Å². The molecule has 2 aliphatic rings. The van der Waals surface area contributed by atoms with Crippen molar-refractivity contribution in [1.29, 1.82) is 0 Å². The molecule has 0 radical (unpaired) electrons. The van der Waals surface area contributed by atoms with Gasteiger partial charge in [0.05, 0.1) is 12.7 Å². The molecule has 2 unspecified atom stereocenters. The third-order valence-electron chi connectivity index (χ3n) is 4.22. The van der Waals surface area contributed by atoms with Gasteiger partial charge in [-0.2, -0.15) is 0 Å². The van der Waals surface area contributed by atoms with Crippen LogP contribution in [0.5, 0.6) is 0 Å². The Morgan fingerprint density at radius 1 is 1.21 bits per heavy atom. The predicted octanol–water partition coefficient (Wildman–Crippen LogP) is 1.05. The second kappa shape index (κ2) is 7.58. The maximum Gasteiger partial charge on any atom is 0.0829 e. The van der Waals surface area contributed by atoms with E-state index in [1.165, 1.54) is 19.5 Å². The second-order valence-electron chi connectivity index (χ2n) is 6.57. The first-order valence-electron chi connectivity index (χ1n) is 7.84. The van der Waals surface area contributed by atoms with Crippen molar-refractivity contribution in [3.05, 3.63) is 0 Å². The Hall–Kier alpha value is -0.160. The highest BCUT2D eigenvalue weighted by atomic mass is 16.5. The number of aliphatic hydroxyl groups is 1. The van der Waals surface area contributed by atoms with Crippen molar-refractivity contribution in [3.63, 3.8) is 0 Å². The lowest BCUT2D eigenvalue weighted by Gasteiger charge is -2.35. The molecule has 2 rings (SSSR count). The molecule has 2 atom stereocenters. The summed E-state index contributed by atoms with van der Waals surface area (Å²) in [5.41, 5.74) is 0. The van der Waals surface area contributed by atoms with E-state index in [4.69, 9.17) is 9.84 Å². The highest BCUT2D eigenvalue weighted by Crippen LogP contribution is 2.20. The van der Waals surface area contributed by atoms with Crippen LogP contribution in [0.2, 0.25) is 0 Å². The molecular formula is C15H30N2O2. The lowest BCUT2D eigenvalue weighted by atomic mass is 10.1.